The van der Waals surface area contributed by atoms with E-state index in [1.807, 2.05) is 24.3 Å². The second-order valence-corrected chi connectivity index (χ2v) is 6.93. The van der Waals surface area contributed by atoms with Gasteiger partial charge in [0, 0.05) is 20.7 Å². The van der Waals surface area contributed by atoms with Crippen molar-refractivity contribution < 1.29 is 19.4 Å². The largest absolute Gasteiger partial charge is 0.479 e. The van der Waals surface area contributed by atoms with Crippen LogP contribution in [0.15, 0.2) is 48.5 Å². The van der Waals surface area contributed by atoms with E-state index < -0.39 is 12.1 Å². The number of hydrogen-bond donors (Lipinski definition) is 1. The number of carboxylic acids is 1. The van der Waals surface area contributed by atoms with E-state index in [-0.39, 0.29) is 5.78 Å². The van der Waals surface area contributed by atoms with Crippen molar-refractivity contribution >= 4 is 44.8 Å². The molecule has 1 atom stereocenters. The Hall–Kier alpha value is -2.37. The molecular formula is C19H15ClO4S. The summed E-state index contributed by atoms with van der Waals surface area (Å²) in [6.07, 6.45) is -0.705. The van der Waals surface area contributed by atoms with E-state index in [9.17, 15) is 14.7 Å². The Morgan fingerprint density at radius 1 is 1.16 bits per heavy atom. The number of thiophene rings is 1. The minimum atomic E-state index is -1.05. The van der Waals surface area contributed by atoms with Crippen molar-refractivity contribution in [2.24, 2.45) is 0 Å². The van der Waals surface area contributed by atoms with E-state index in [0.717, 1.165) is 10.1 Å². The molecule has 0 aliphatic heterocycles. The van der Waals surface area contributed by atoms with Gasteiger partial charge in [0.2, 0.25) is 5.78 Å². The molecule has 0 radical (unpaired) electrons. The molecule has 3 rings (SSSR count). The highest BCUT2D eigenvalue weighted by molar-refractivity contribution is 7.21. The number of benzene rings is 2. The molecule has 128 valence electrons. The predicted octanol–water partition coefficient (Wildman–Crippen LogP) is 5.03. The molecule has 4 nitrogen and oxygen atoms in total. The average Bonchev–Trinajstić information content (AvgIpc) is 2.98. The third-order valence-corrected chi connectivity index (χ3v) is 5.17. The number of halogens is 1. The van der Waals surface area contributed by atoms with Crippen molar-refractivity contribution in [3.63, 3.8) is 0 Å². The SMILES string of the molecule is CCC(Oc1c(C(=O)c2ccc(Cl)cc2)sc2ccccc12)C(=O)O. The van der Waals surface area contributed by atoms with Crippen LogP contribution in [-0.2, 0) is 4.79 Å². The van der Waals surface area contributed by atoms with Crippen molar-refractivity contribution in [2.75, 3.05) is 0 Å². The Morgan fingerprint density at radius 2 is 1.84 bits per heavy atom. The fraction of sp³-hybridized carbons (Fsp3) is 0.158. The van der Waals surface area contributed by atoms with Gasteiger partial charge in [-0.2, -0.15) is 0 Å². The molecule has 0 saturated heterocycles. The molecule has 0 bridgehead atoms. The molecule has 2 aromatic carbocycles. The maximum absolute atomic E-state index is 12.9. The normalized spacial score (nSPS) is 12.1. The summed E-state index contributed by atoms with van der Waals surface area (Å²) >= 11 is 7.18. The number of fused-ring (bicyclic) bond motifs is 1. The van der Waals surface area contributed by atoms with Gasteiger partial charge >= 0.3 is 5.97 Å². The summed E-state index contributed by atoms with van der Waals surface area (Å²) in [5.74, 6) is -0.939. The first-order chi connectivity index (χ1) is 12.0. The molecule has 25 heavy (non-hydrogen) atoms. The third-order valence-electron chi connectivity index (χ3n) is 3.77. The van der Waals surface area contributed by atoms with Crippen LogP contribution in [0.1, 0.15) is 28.6 Å². The number of aliphatic carboxylic acids is 1. The summed E-state index contributed by atoms with van der Waals surface area (Å²) in [6.45, 7) is 1.73. The van der Waals surface area contributed by atoms with E-state index in [2.05, 4.69) is 0 Å². The third kappa shape index (κ3) is 3.52. The van der Waals surface area contributed by atoms with Crippen LogP contribution in [-0.4, -0.2) is 23.0 Å². The monoisotopic (exact) mass is 374 g/mol. The van der Waals surface area contributed by atoms with Gasteiger partial charge in [0.15, 0.2) is 6.10 Å². The minimum absolute atomic E-state index is 0.215. The molecule has 0 aliphatic rings. The second kappa shape index (κ2) is 7.25. The first kappa shape index (κ1) is 17.5. The number of ketones is 1. The summed E-state index contributed by atoms with van der Waals surface area (Å²) in [4.78, 5) is 24.7. The maximum Gasteiger partial charge on any atom is 0.344 e. The zero-order valence-electron chi connectivity index (χ0n) is 13.4. The Kier molecular flexibility index (Phi) is 5.06. The average molecular weight is 375 g/mol. The first-order valence-electron chi connectivity index (χ1n) is 7.72. The molecule has 0 saturated carbocycles. The van der Waals surface area contributed by atoms with Crippen molar-refractivity contribution in [3.8, 4) is 5.75 Å². The molecule has 0 fully saturated rings. The van der Waals surface area contributed by atoms with Gasteiger partial charge in [-0.1, -0.05) is 30.7 Å². The molecule has 0 aliphatic carbocycles. The summed E-state index contributed by atoms with van der Waals surface area (Å²) in [7, 11) is 0. The summed E-state index contributed by atoms with van der Waals surface area (Å²) in [6, 6.07) is 14.0. The zero-order chi connectivity index (χ0) is 18.0. The minimum Gasteiger partial charge on any atom is -0.479 e. The summed E-state index contributed by atoms with van der Waals surface area (Å²) in [5.41, 5.74) is 0.476. The Bertz CT molecular complexity index is 930. The van der Waals surface area contributed by atoms with Crippen LogP contribution in [0.5, 0.6) is 5.75 Å². The fourth-order valence-corrected chi connectivity index (χ4v) is 3.70. The van der Waals surface area contributed by atoms with Gasteiger partial charge in [0.05, 0.1) is 0 Å². The van der Waals surface area contributed by atoms with E-state index in [4.69, 9.17) is 16.3 Å². The number of carbonyl (C=O) groups excluding carboxylic acids is 1. The van der Waals surface area contributed by atoms with Crippen LogP contribution < -0.4 is 4.74 Å². The maximum atomic E-state index is 12.9. The highest BCUT2D eigenvalue weighted by Crippen LogP contribution is 2.39. The van der Waals surface area contributed by atoms with Crippen molar-refractivity contribution in [1.29, 1.82) is 0 Å². The van der Waals surface area contributed by atoms with Gasteiger partial charge in [-0.3, -0.25) is 4.79 Å². The first-order valence-corrected chi connectivity index (χ1v) is 8.92. The smallest absolute Gasteiger partial charge is 0.344 e. The zero-order valence-corrected chi connectivity index (χ0v) is 14.9. The number of rotatable bonds is 6. The molecule has 3 aromatic rings. The molecule has 6 heteroatoms. The standard InChI is InChI=1S/C19H15ClO4S/c1-2-14(19(22)23)24-17-13-5-3-4-6-15(13)25-18(17)16(21)11-7-9-12(20)10-8-11/h3-10,14H,2H2,1H3,(H,22,23). The van der Waals surface area contributed by atoms with Gasteiger partial charge in [0.25, 0.3) is 0 Å². The van der Waals surface area contributed by atoms with Gasteiger partial charge in [-0.05, 0) is 42.8 Å². The lowest BCUT2D eigenvalue weighted by molar-refractivity contribution is -0.145. The van der Waals surface area contributed by atoms with Gasteiger partial charge in [-0.25, -0.2) is 4.79 Å². The lowest BCUT2D eigenvalue weighted by Crippen LogP contribution is -2.26. The fourth-order valence-electron chi connectivity index (χ4n) is 2.47. The number of carboxylic acid groups (broad SMARTS) is 1. The molecule has 1 unspecified atom stereocenters. The van der Waals surface area contributed by atoms with Gasteiger partial charge < -0.3 is 9.84 Å². The van der Waals surface area contributed by atoms with Crippen LogP contribution in [0.2, 0.25) is 5.02 Å². The summed E-state index contributed by atoms with van der Waals surface area (Å²) in [5, 5.41) is 10.6. The quantitative estimate of drug-likeness (QED) is 0.615. The number of carbonyl (C=O) groups is 2. The van der Waals surface area contributed by atoms with Gasteiger partial charge in [0.1, 0.15) is 10.6 Å². The lowest BCUT2D eigenvalue weighted by atomic mass is 10.1. The Labute approximate surface area is 153 Å². The van der Waals surface area contributed by atoms with Crippen LogP contribution in [0.4, 0.5) is 0 Å². The highest BCUT2D eigenvalue weighted by Gasteiger charge is 2.25. The van der Waals surface area contributed by atoms with E-state index in [0.29, 0.717) is 27.6 Å². The topological polar surface area (TPSA) is 63.6 Å². The van der Waals surface area contributed by atoms with Crippen LogP contribution in [0.25, 0.3) is 10.1 Å². The predicted molar refractivity (Wildman–Crippen MR) is 99.1 cm³/mol. The molecule has 1 heterocycles. The van der Waals surface area contributed by atoms with Crippen LogP contribution in [0, 0.1) is 0 Å². The lowest BCUT2D eigenvalue weighted by Gasteiger charge is -2.14. The summed E-state index contributed by atoms with van der Waals surface area (Å²) < 4.78 is 6.61. The Morgan fingerprint density at radius 3 is 2.48 bits per heavy atom. The number of ether oxygens (including phenoxy) is 1. The number of hydrogen-bond acceptors (Lipinski definition) is 4. The van der Waals surface area contributed by atoms with Crippen molar-refractivity contribution in [1.82, 2.24) is 0 Å². The second-order valence-electron chi connectivity index (χ2n) is 5.45. The van der Waals surface area contributed by atoms with Crippen LogP contribution >= 0.6 is 22.9 Å². The van der Waals surface area contributed by atoms with Crippen molar-refractivity contribution in [2.45, 2.75) is 19.4 Å². The van der Waals surface area contributed by atoms with Crippen molar-refractivity contribution in [3.05, 3.63) is 64.0 Å². The molecular weight excluding hydrogens is 360 g/mol. The van der Waals surface area contributed by atoms with Gasteiger partial charge in [-0.15, -0.1) is 11.3 Å². The molecule has 1 aromatic heterocycles. The van der Waals surface area contributed by atoms with E-state index >= 15 is 0 Å². The highest BCUT2D eigenvalue weighted by atomic mass is 35.5. The van der Waals surface area contributed by atoms with E-state index in [1.165, 1.54) is 11.3 Å². The molecule has 0 spiro atoms. The van der Waals surface area contributed by atoms with Crippen LogP contribution in [0.3, 0.4) is 0 Å². The Balaban J connectivity index is 2.10. The molecule has 1 N–H and O–H groups in total. The molecule has 0 amide bonds. The van der Waals surface area contributed by atoms with E-state index in [1.54, 1.807) is 31.2 Å².